The van der Waals surface area contributed by atoms with Gasteiger partial charge in [0.05, 0.1) is 11.8 Å². The zero-order chi connectivity index (χ0) is 13.0. The van der Waals surface area contributed by atoms with Gasteiger partial charge in [-0.25, -0.2) is 9.82 Å². The van der Waals surface area contributed by atoms with E-state index in [0.29, 0.717) is 0 Å². The lowest BCUT2D eigenvalue weighted by atomic mass is 10.2. The molecule has 1 amide bonds. The molecule has 0 radical (unpaired) electrons. The van der Waals surface area contributed by atoms with E-state index in [0.717, 1.165) is 9.75 Å². The number of carbonyl (C=O) groups excluding carboxylic acids is 1. The molecular formula is C13H11FN2OS. The summed E-state index contributed by atoms with van der Waals surface area (Å²) in [7, 11) is 0. The number of halogens is 1. The van der Waals surface area contributed by atoms with E-state index >= 15 is 0 Å². The topological polar surface area (TPSA) is 41.5 Å². The van der Waals surface area contributed by atoms with Gasteiger partial charge in [-0.15, -0.1) is 11.3 Å². The summed E-state index contributed by atoms with van der Waals surface area (Å²) < 4.78 is 13.3. The van der Waals surface area contributed by atoms with Crippen molar-refractivity contribution in [3.05, 3.63) is 57.5 Å². The number of amides is 1. The van der Waals surface area contributed by atoms with Crippen molar-refractivity contribution < 1.29 is 9.18 Å². The molecule has 0 aliphatic heterocycles. The molecule has 0 atom stereocenters. The molecule has 2 aromatic rings. The molecule has 1 aromatic heterocycles. The Morgan fingerprint density at radius 3 is 2.78 bits per heavy atom. The molecular weight excluding hydrogens is 251 g/mol. The molecule has 0 saturated carbocycles. The first-order chi connectivity index (χ1) is 8.66. The summed E-state index contributed by atoms with van der Waals surface area (Å²) in [5.74, 6) is -1.12. The largest absolute Gasteiger partial charge is 0.274 e. The lowest BCUT2D eigenvalue weighted by Gasteiger charge is -2.00. The highest BCUT2D eigenvalue weighted by Gasteiger charge is 2.08. The quantitative estimate of drug-likeness (QED) is 0.670. The van der Waals surface area contributed by atoms with Crippen LogP contribution in [0.25, 0.3) is 0 Å². The highest BCUT2D eigenvalue weighted by atomic mass is 32.1. The Balaban J connectivity index is 2.01. The maximum Gasteiger partial charge on any atom is 0.274 e. The minimum atomic E-state index is -0.558. The van der Waals surface area contributed by atoms with Crippen molar-refractivity contribution in [2.45, 2.75) is 6.92 Å². The smallest absolute Gasteiger partial charge is 0.267 e. The van der Waals surface area contributed by atoms with Gasteiger partial charge in [0.25, 0.3) is 5.91 Å². The Kier molecular flexibility index (Phi) is 3.84. The number of benzene rings is 1. The number of nitrogens with zero attached hydrogens (tertiary/aromatic N) is 1. The molecule has 0 aliphatic carbocycles. The van der Waals surface area contributed by atoms with Crippen LogP contribution >= 0.6 is 11.3 Å². The third kappa shape index (κ3) is 3.01. The second-order valence-corrected chi connectivity index (χ2v) is 4.95. The van der Waals surface area contributed by atoms with Crippen LogP contribution < -0.4 is 5.43 Å². The highest BCUT2D eigenvalue weighted by Crippen LogP contribution is 2.12. The van der Waals surface area contributed by atoms with E-state index in [4.69, 9.17) is 0 Å². The number of carbonyl (C=O) groups is 1. The molecule has 92 valence electrons. The first-order valence-electron chi connectivity index (χ1n) is 5.31. The van der Waals surface area contributed by atoms with Crippen LogP contribution in [0.5, 0.6) is 0 Å². The minimum Gasteiger partial charge on any atom is -0.267 e. The molecule has 3 nitrogen and oxygen atoms in total. The third-order valence-electron chi connectivity index (χ3n) is 2.24. The summed E-state index contributed by atoms with van der Waals surface area (Å²) in [5, 5.41) is 3.79. The van der Waals surface area contributed by atoms with Crippen LogP contribution in [-0.2, 0) is 0 Å². The monoisotopic (exact) mass is 262 g/mol. The molecule has 2 rings (SSSR count). The molecule has 0 unspecified atom stereocenters. The molecule has 1 N–H and O–H groups in total. The summed E-state index contributed by atoms with van der Waals surface area (Å²) in [4.78, 5) is 13.7. The normalized spacial score (nSPS) is 10.8. The second kappa shape index (κ2) is 5.55. The van der Waals surface area contributed by atoms with Gasteiger partial charge < -0.3 is 0 Å². The van der Waals surface area contributed by atoms with Crippen LogP contribution in [0.4, 0.5) is 4.39 Å². The van der Waals surface area contributed by atoms with E-state index in [9.17, 15) is 9.18 Å². The lowest BCUT2D eigenvalue weighted by molar-refractivity contribution is 0.0951. The Morgan fingerprint density at radius 1 is 1.33 bits per heavy atom. The van der Waals surface area contributed by atoms with Crippen molar-refractivity contribution in [3.63, 3.8) is 0 Å². The Bertz CT molecular complexity index is 592. The van der Waals surface area contributed by atoms with Crippen molar-refractivity contribution in [2.24, 2.45) is 5.10 Å². The number of hydrogen-bond acceptors (Lipinski definition) is 3. The fourth-order valence-electron chi connectivity index (χ4n) is 1.38. The molecule has 1 aromatic carbocycles. The SMILES string of the molecule is Cc1ccc(/C=N\NC(=O)c2ccccc2F)s1. The van der Waals surface area contributed by atoms with Gasteiger partial charge in [-0.1, -0.05) is 12.1 Å². The predicted molar refractivity (Wildman–Crippen MR) is 70.5 cm³/mol. The Labute approximate surface area is 108 Å². The molecule has 5 heteroatoms. The van der Waals surface area contributed by atoms with Crippen LogP contribution in [0.2, 0.25) is 0 Å². The molecule has 0 spiro atoms. The Hall–Kier alpha value is -2.01. The first kappa shape index (κ1) is 12.4. The van der Waals surface area contributed by atoms with Crippen molar-refractivity contribution in [2.75, 3.05) is 0 Å². The summed E-state index contributed by atoms with van der Waals surface area (Å²) in [5.41, 5.74) is 2.28. The van der Waals surface area contributed by atoms with E-state index in [1.54, 1.807) is 17.4 Å². The maximum atomic E-state index is 13.3. The van der Waals surface area contributed by atoms with Gasteiger partial charge >= 0.3 is 0 Å². The van der Waals surface area contributed by atoms with E-state index < -0.39 is 11.7 Å². The van der Waals surface area contributed by atoms with E-state index in [2.05, 4.69) is 10.5 Å². The highest BCUT2D eigenvalue weighted by molar-refractivity contribution is 7.13. The van der Waals surface area contributed by atoms with Crippen LogP contribution in [-0.4, -0.2) is 12.1 Å². The molecule has 0 fully saturated rings. The first-order valence-corrected chi connectivity index (χ1v) is 6.13. The zero-order valence-electron chi connectivity index (χ0n) is 9.68. The second-order valence-electron chi connectivity index (χ2n) is 3.63. The van der Waals surface area contributed by atoms with Crippen LogP contribution in [0.3, 0.4) is 0 Å². The van der Waals surface area contributed by atoms with Gasteiger partial charge in [-0.2, -0.15) is 5.10 Å². The summed E-state index contributed by atoms with van der Waals surface area (Å²) in [6, 6.07) is 9.65. The predicted octanol–water partition coefficient (Wildman–Crippen LogP) is 2.96. The van der Waals surface area contributed by atoms with E-state index in [1.165, 1.54) is 24.4 Å². The number of hydrogen-bond donors (Lipinski definition) is 1. The van der Waals surface area contributed by atoms with Crippen LogP contribution in [0, 0.1) is 12.7 Å². The van der Waals surface area contributed by atoms with Gasteiger partial charge in [0.15, 0.2) is 0 Å². The van der Waals surface area contributed by atoms with Gasteiger partial charge in [0, 0.05) is 9.75 Å². The van der Waals surface area contributed by atoms with Gasteiger partial charge in [-0.3, -0.25) is 4.79 Å². The van der Waals surface area contributed by atoms with Crippen LogP contribution in [0.1, 0.15) is 20.1 Å². The average molecular weight is 262 g/mol. The van der Waals surface area contributed by atoms with E-state index in [-0.39, 0.29) is 5.56 Å². The van der Waals surface area contributed by atoms with Crippen molar-refractivity contribution in [1.29, 1.82) is 0 Å². The third-order valence-corrected chi connectivity index (χ3v) is 3.17. The molecule has 0 bridgehead atoms. The van der Waals surface area contributed by atoms with E-state index in [1.807, 2.05) is 19.1 Å². The maximum absolute atomic E-state index is 13.3. The fraction of sp³-hybridized carbons (Fsp3) is 0.0769. The summed E-state index contributed by atoms with van der Waals surface area (Å²) in [6.45, 7) is 1.99. The lowest BCUT2D eigenvalue weighted by Crippen LogP contribution is -2.18. The van der Waals surface area contributed by atoms with Crippen molar-refractivity contribution in [3.8, 4) is 0 Å². The van der Waals surface area contributed by atoms with Crippen molar-refractivity contribution >= 4 is 23.5 Å². The van der Waals surface area contributed by atoms with Gasteiger partial charge in [0.1, 0.15) is 5.82 Å². The minimum absolute atomic E-state index is 0.0167. The average Bonchev–Trinajstić information content (AvgIpc) is 2.75. The summed E-state index contributed by atoms with van der Waals surface area (Å²) >= 11 is 1.56. The molecule has 1 heterocycles. The molecule has 18 heavy (non-hydrogen) atoms. The van der Waals surface area contributed by atoms with Crippen LogP contribution in [0.15, 0.2) is 41.5 Å². The number of aryl methyl sites for hydroxylation is 1. The number of hydrazone groups is 1. The zero-order valence-corrected chi connectivity index (χ0v) is 10.5. The molecule has 0 aliphatic rings. The number of thiophene rings is 1. The van der Waals surface area contributed by atoms with Crippen molar-refractivity contribution in [1.82, 2.24) is 5.43 Å². The van der Waals surface area contributed by atoms with Gasteiger partial charge in [0.2, 0.25) is 0 Å². The molecule has 0 saturated heterocycles. The number of rotatable bonds is 3. The van der Waals surface area contributed by atoms with Gasteiger partial charge in [-0.05, 0) is 31.2 Å². The Morgan fingerprint density at radius 2 is 2.11 bits per heavy atom. The number of nitrogens with one attached hydrogen (secondary N) is 1. The fourth-order valence-corrected chi connectivity index (χ4v) is 2.13. The summed E-state index contributed by atoms with van der Waals surface area (Å²) in [6.07, 6.45) is 1.54. The standard InChI is InChI=1S/C13H11FN2OS/c1-9-6-7-10(18-9)8-15-16-13(17)11-4-2-3-5-12(11)14/h2-8H,1H3,(H,16,17)/b15-8-.